The normalized spacial score (nSPS) is 16.1. The number of nitrogens with one attached hydrogen (secondary N) is 1. The molecule has 6 heteroatoms. The van der Waals surface area contributed by atoms with E-state index < -0.39 is 5.60 Å². The van der Waals surface area contributed by atoms with E-state index in [1.165, 1.54) is 24.3 Å². The van der Waals surface area contributed by atoms with Crippen LogP contribution in [0.2, 0.25) is 0 Å². The molecule has 0 atom stereocenters. The minimum absolute atomic E-state index is 0.0968. The highest BCUT2D eigenvalue weighted by Gasteiger charge is 2.29. The first kappa shape index (κ1) is 17.2. The SMILES string of the molecule is CC(C)(C)OC(=O)N1CCC(C(=O)Nc2ccc(F)cc2)CC1. The van der Waals surface area contributed by atoms with Crippen molar-refractivity contribution in [3.8, 4) is 0 Å². The van der Waals surface area contributed by atoms with Crippen LogP contribution in [0, 0.1) is 11.7 Å². The second kappa shape index (κ2) is 6.98. The fourth-order valence-electron chi connectivity index (χ4n) is 2.43. The van der Waals surface area contributed by atoms with Crippen molar-refractivity contribution >= 4 is 17.7 Å². The molecule has 1 aromatic carbocycles. The van der Waals surface area contributed by atoms with E-state index in [1.807, 2.05) is 20.8 Å². The predicted molar refractivity (Wildman–Crippen MR) is 85.6 cm³/mol. The van der Waals surface area contributed by atoms with Crippen LogP contribution in [0.4, 0.5) is 14.9 Å². The average Bonchev–Trinajstić information content (AvgIpc) is 2.48. The largest absolute Gasteiger partial charge is 0.444 e. The van der Waals surface area contributed by atoms with Crippen molar-refractivity contribution in [2.24, 2.45) is 5.92 Å². The van der Waals surface area contributed by atoms with Gasteiger partial charge in [0.05, 0.1) is 0 Å². The Hall–Kier alpha value is -2.11. The number of amides is 2. The van der Waals surface area contributed by atoms with Gasteiger partial charge in [0, 0.05) is 24.7 Å². The molecule has 1 fully saturated rings. The molecular formula is C17H23FN2O3. The third kappa shape index (κ3) is 5.23. The number of likely N-dealkylation sites (tertiary alicyclic amines) is 1. The number of hydrogen-bond acceptors (Lipinski definition) is 3. The highest BCUT2D eigenvalue weighted by molar-refractivity contribution is 5.92. The first-order valence-corrected chi connectivity index (χ1v) is 7.79. The van der Waals surface area contributed by atoms with Gasteiger partial charge in [0.2, 0.25) is 5.91 Å². The Morgan fingerprint density at radius 2 is 1.74 bits per heavy atom. The Morgan fingerprint density at radius 3 is 2.26 bits per heavy atom. The van der Waals surface area contributed by atoms with Crippen molar-refractivity contribution in [2.75, 3.05) is 18.4 Å². The number of anilines is 1. The van der Waals surface area contributed by atoms with E-state index >= 15 is 0 Å². The van der Waals surface area contributed by atoms with E-state index in [0.717, 1.165) is 0 Å². The summed E-state index contributed by atoms with van der Waals surface area (Å²) < 4.78 is 18.2. The molecule has 0 radical (unpaired) electrons. The zero-order valence-electron chi connectivity index (χ0n) is 13.8. The van der Waals surface area contributed by atoms with Crippen LogP contribution in [-0.4, -0.2) is 35.6 Å². The number of hydrogen-bond donors (Lipinski definition) is 1. The molecule has 0 saturated carbocycles. The van der Waals surface area contributed by atoms with E-state index in [1.54, 1.807) is 4.90 Å². The Kier molecular flexibility index (Phi) is 5.23. The third-order valence-electron chi connectivity index (χ3n) is 3.63. The maximum atomic E-state index is 12.9. The second-order valence-corrected chi connectivity index (χ2v) is 6.74. The zero-order valence-corrected chi connectivity index (χ0v) is 13.8. The molecule has 126 valence electrons. The van der Waals surface area contributed by atoms with Crippen molar-refractivity contribution < 1.29 is 18.7 Å². The van der Waals surface area contributed by atoms with Crippen LogP contribution in [-0.2, 0) is 9.53 Å². The third-order valence-corrected chi connectivity index (χ3v) is 3.63. The van der Waals surface area contributed by atoms with Gasteiger partial charge in [0.15, 0.2) is 0 Å². The van der Waals surface area contributed by atoms with Crippen LogP contribution in [0.5, 0.6) is 0 Å². The molecule has 1 aliphatic heterocycles. The van der Waals surface area contributed by atoms with Crippen LogP contribution in [0.15, 0.2) is 24.3 Å². The molecule has 0 spiro atoms. The molecule has 2 rings (SSSR count). The number of halogens is 1. The number of carbonyl (C=O) groups is 2. The summed E-state index contributed by atoms with van der Waals surface area (Å²) in [5.41, 5.74) is 0.0550. The summed E-state index contributed by atoms with van der Waals surface area (Å²) in [4.78, 5) is 25.8. The summed E-state index contributed by atoms with van der Waals surface area (Å²) in [5.74, 6) is -0.590. The quantitative estimate of drug-likeness (QED) is 0.908. The summed E-state index contributed by atoms with van der Waals surface area (Å²) in [6.07, 6.45) is 0.841. The van der Waals surface area contributed by atoms with Gasteiger partial charge >= 0.3 is 6.09 Å². The molecule has 0 aromatic heterocycles. The molecule has 2 amide bonds. The van der Waals surface area contributed by atoms with Gasteiger partial charge < -0.3 is 15.0 Å². The van der Waals surface area contributed by atoms with Gasteiger partial charge in [-0.15, -0.1) is 0 Å². The van der Waals surface area contributed by atoms with Crippen molar-refractivity contribution in [2.45, 2.75) is 39.2 Å². The lowest BCUT2D eigenvalue weighted by Crippen LogP contribution is -2.43. The van der Waals surface area contributed by atoms with Crippen LogP contribution in [0.25, 0.3) is 0 Å². The van der Waals surface area contributed by atoms with E-state index in [-0.39, 0.29) is 23.7 Å². The average molecular weight is 322 g/mol. The number of ether oxygens (including phenoxy) is 1. The summed E-state index contributed by atoms with van der Waals surface area (Å²) in [6.45, 7) is 6.47. The molecule has 0 unspecified atom stereocenters. The predicted octanol–water partition coefficient (Wildman–Crippen LogP) is 3.41. The molecular weight excluding hydrogens is 299 g/mol. The molecule has 0 aliphatic carbocycles. The lowest BCUT2D eigenvalue weighted by atomic mass is 9.96. The fraction of sp³-hybridized carbons (Fsp3) is 0.529. The number of nitrogens with zero attached hydrogens (tertiary/aromatic N) is 1. The minimum atomic E-state index is -0.520. The van der Waals surface area contributed by atoms with Crippen LogP contribution >= 0.6 is 0 Å². The Labute approximate surface area is 135 Å². The van der Waals surface area contributed by atoms with Crippen molar-refractivity contribution in [1.82, 2.24) is 4.90 Å². The van der Waals surface area contributed by atoms with Gasteiger partial charge in [0.1, 0.15) is 11.4 Å². The van der Waals surface area contributed by atoms with Gasteiger partial charge in [-0.2, -0.15) is 0 Å². The molecule has 23 heavy (non-hydrogen) atoms. The van der Waals surface area contributed by atoms with Gasteiger partial charge in [-0.3, -0.25) is 4.79 Å². The minimum Gasteiger partial charge on any atom is -0.444 e. The lowest BCUT2D eigenvalue weighted by Gasteiger charge is -2.32. The van der Waals surface area contributed by atoms with E-state index in [4.69, 9.17) is 4.74 Å². The van der Waals surface area contributed by atoms with Crippen LogP contribution in [0.1, 0.15) is 33.6 Å². The number of piperidine rings is 1. The van der Waals surface area contributed by atoms with Crippen molar-refractivity contribution in [3.05, 3.63) is 30.1 Å². The van der Waals surface area contributed by atoms with Crippen molar-refractivity contribution in [1.29, 1.82) is 0 Å². The monoisotopic (exact) mass is 322 g/mol. The molecule has 1 N–H and O–H groups in total. The first-order chi connectivity index (χ1) is 10.7. The molecule has 1 heterocycles. The number of benzene rings is 1. The van der Waals surface area contributed by atoms with Crippen LogP contribution < -0.4 is 5.32 Å². The number of rotatable bonds is 2. The molecule has 1 saturated heterocycles. The molecule has 1 aliphatic rings. The molecule has 1 aromatic rings. The molecule has 5 nitrogen and oxygen atoms in total. The first-order valence-electron chi connectivity index (χ1n) is 7.79. The van der Waals surface area contributed by atoms with Gasteiger partial charge in [-0.1, -0.05) is 0 Å². The zero-order chi connectivity index (χ0) is 17.0. The van der Waals surface area contributed by atoms with Crippen LogP contribution in [0.3, 0.4) is 0 Å². The standard InChI is InChI=1S/C17H23FN2O3/c1-17(2,3)23-16(22)20-10-8-12(9-11-20)15(21)19-14-6-4-13(18)5-7-14/h4-7,12H,8-11H2,1-3H3,(H,19,21). The number of carbonyl (C=O) groups excluding carboxylic acids is 2. The van der Waals surface area contributed by atoms with E-state index in [9.17, 15) is 14.0 Å². The van der Waals surface area contributed by atoms with E-state index in [0.29, 0.717) is 31.6 Å². The van der Waals surface area contributed by atoms with Gasteiger partial charge in [-0.25, -0.2) is 9.18 Å². The van der Waals surface area contributed by atoms with E-state index in [2.05, 4.69) is 5.32 Å². The highest BCUT2D eigenvalue weighted by Crippen LogP contribution is 2.21. The second-order valence-electron chi connectivity index (χ2n) is 6.74. The van der Waals surface area contributed by atoms with Gasteiger partial charge in [-0.05, 0) is 57.9 Å². The lowest BCUT2D eigenvalue weighted by molar-refractivity contribution is -0.121. The van der Waals surface area contributed by atoms with Gasteiger partial charge in [0.25, 0.3) is 0 Å². The smallest absolute Gasteiger partial charge is 0.410 e. The highest BCUT2D eigenvalue weighted by atomic mass is 19.1. The summed E-state index contributed by atoms with van der Waals surface area (Å²) in [6, 6.07) is 5.67. The summed E-state index contributed by atoms with van der Waals surface area (Å²) >= 11 is 0. The van der Waals surface area contributed by atoms with Crippen molar-refractivity contribution in [3.63, 3.8) is 0 Å². The summed E-state index contributed by atoms with van der Waals surface area (Å²) in [5, 5.41) is 2.78. The fourth-order valence-corrected chi connectivity index (χ4v) is 2.43. The molecule has 0 bridgehead atoms. The Bertz CT molecular complexity index is 558. The Morgan fingerprint density at radius 1 is 1.17 bits per heavy atom. The summed E-state index contributed by atoms with van der Waals surface area (Å²) in [7, 11) is 0. The Balaban J connectivity index is 1.83. The maximum absolute atomic E-state index is 12.9. The topological polar surface area (TPSA) is 58.6 Å². The maximum Gasteiger partial charge on any atom is 0.410 e.